The van der Waals surface area contributed by atoms with E-state index in [-0.39, 0.29) is 12.2 Å². The summed E-state index contributed by atoms with van der Waals surface area (Å²) < 4.78 is 13.3. The number of rotatable bonds is 6. The molecule has 0 atom stereocenters. The molecule has 0 unspecified atom stereocenters. The van der Waals surface area contributed by atoms with Gasteiger partial charge in [-0.2, -0.15) is 4.98 Å². The van der Waals surface area contributed by atoms with Crippen molar-refractivity contribution in [3.63, 3.8) is 0 Å². The molecule has 0 amide bonds. The molecule has 0 saturated carbocycles. The van der Waals surface area contributed by atoms with E-state index in [0.717, 1.165) is 5.52 Å². The third-order valence-corrected chi connectivity index (χ3v) is 4.20. The van der Waals surface area contributed by atoms with Crippen molar-refractivity contribution in [2.24, 2.45) is 7.05 Å². The lowest BCUT2D eigenvalue weighted by Gasteiger charge is -2.07. The second-order valence-electron chi connectivity index (χ2n) is 6.12. The van der Waals surface area contributed by atoms with Crippen molar-refractivity contribution in [2.45, 2.75) is 6.61 Å². The molecule has 4 rings (SSSR count). The molecule has 2 aromatic carbocycles. The number of para-hydroxylation sites is 1. The summed E-state index contributed by atoms with van der Waals surface area (Å²) in [6, 6.07) is 19.4. The quantitative estimate of drug-likeness (QED) is 0.547. The first-order valence-corrected chi connectivity index (χ1v) is 8.61. The lowest BCUT2D eigenvalue weighted by molar-refractivity contribution is 0.0696. The van der Waals surface area contributed by atoms with Gasteiger partial charge in [0.05, 0.1) is 5.56 Å². The Morgan fingerprint density at radius 3 is 2.57 bits per heavy atom. The summed E-state index contributed by atoms with van der Waals surface area (Å²) in [5, 5.41) is 9.07. The Kier molecular flexibility index (Phi) is 4.63. The van der Waals surface area contributed by atoms with E-state index in [2.05, 4.69) is 9.97 Å². The highest BCUT2D eigenvalue weighted by Crippen LogP contribution is 2.23. The summed E-state index contributed by atoms with van der Waals surface area (Å²) in [4.78, 5) is 20.1. The number of pyridine rings is 1. The molecule has 140 valence electrons. The molecule has 0 radical (unpaired) electrons. The van der Waals surface area contributed by atoms with Crippen LogP contribution >= 0.6 is 0 Å². The highest BCUT2D eigenvalue weighted by Gasteiger charge is 2.12. The molecule has 2 heterocycles. The Labute approximate surface area is 160 Å². The minimum atomic E-state index is -0.997. The van der Waals surface area contributed by atoms with Gasteiger partial charge in [0.2, 0.25) is 5.88 Å². The van der Waals surface area contributed by atoms with Crippen molar-refractivity contribution in [3.8, 4) is 17.4 Å². The van der Waals surface area contributed by atoms with E-state index in [0.29, 0.717) is 28.9 Å². The maximum atomic E-state index is 11.1. The van der Waals surface area contributed by atoms with Gasteiger partial charge in [-0.1, -0.05) is 24.3 Å². The topological polar surface area (TPSA) is 86.5 Å². The molecule has 0 fully saturated rings. The molecule has 0 aliphatic carbocycles. The maximum Gasteiger partial charge on any atom is 0.335 e. The second-order valence-corrected chi connectivity index (χ2v) is 6.12. The van der Waals surface area contributed by atoms with Gasteiger partial charge in [-0.25, -0.2) is 9.78 Å². The molecule has 7 nitrogen and oxygen atoms in total. The van der Waals surface area contributed by atoms with Gasteiger partial charge in [-0.3, -0.25) is 0 Å². The van der Waals surface area contributed by atoms with Gasteiger partial charge in [-0.15, -0.1) is 0 Å². The molecule has 7 heteroatoms. The molecule has 0 saturated heterocycles. The van der Waals surface area contributed by atoms with Crippen molar-refractivity contribution in [3.05, 3.63) is 78.1 Å². The Morgan fingerprint density at radius 2 is 1.79 bits per heavy atom. The first-order valence-electron chi connectivity index (χ1n) is 8.61. The zero-order valence-electron chi connectivity index (χ0n) is 15.1. The van der Waals surface area contributed by atoms with Crippen LogP contribution in [0.15, 0.2) is 66.7 Å². The molecule has 2 aromatic heterocycles. The van der Waals surface area contributed by atoms with E-state index in [1.54, 1.807) is 18.2 Å². The lowest BCUT2D eigenvalue weighted by Crippen LogP contribution is -2.04. The van der Waals surface area contributed by atoms with Crippen LogP contribution in [0, 0.1) is 0 Å². The fourth-order valence-corrected chi connectivity index (χ4v) is 2.76. The normalized spacial score (nSPS) is 10.8. The molecule has 0 spiro atoms. The van der Waals surface area contributed by atoms with Gasteiger partial charge in [0.15, 0.2) is 5.65 Å². The minimum Gasteiger partial charge on any atom is -0.486 e. The molecule has 0 aliphatic heterocycles. The number of carboxylic acids is 1. The van der Waals surface area contributed by atoms with Crippen LogP contribution in [0.4, 0.5) is 0 Å². The molecule has 0 aliphatic rings. The average molecular weight is 375 g/mol. The van der Waals surface area contributed by atoms with Crippen LogP contribution in [-0.2, 0) is 13.7 Å². The first-order chi connectivity index (χ1) is 13.6. The molecular weight excluding hydrogens is 358 g/mol. The highest BCUT2D eigenvalue weighted by atomic mass is 16.5. The van der Waals surface area contributed by atoms with Gasteiger partial charge in [0.25, 0.3) is 0 Å². The number of fused-ring (bicyclic) bond motifs is 1. The number of carbonyl (C=O) groups is 1. The van der Waals surface area contributed by atoms with Crippen LogP contribution in [0.3, 0.4) is 0 Å². The van der Waals surface area contributed by atoms with Crippen molar-refractivity contribution in [1.82, 2.24) is 14.5 Å². The largest absolute Gasteiger partial charge is 0.486 e. The van der Waals surface area contributed by atoms with Crippen molar-refractivity contribution >= 4 is 17.1 Å². The SMILES string of the molecule is Cn1c(COc2cccc(C(=O)O)c2)nc2ccc(Oc3ccccc3)nc21. The zero-order valence-corrected chi connectivity index (χ0v) is 15.1. The average Bonchev–Trinajstić information content (AvgIpc) is 3.03. The number of hydrogen-bond acceptors (Lipinski definition) is 5. The standard InChI is InChI=1S/C21H17N3O4/c1-24-18(13-27-16-9-5-6-14(12-16)21(25)26)22-17-10-11-19(23-20(17)24)28-15-7-3-2-4-8-15/h2-12H,13H2,1H3,(H,25,26). The van der Waals surface area contributed by atoms with Crippen LogP contribution in [0.2, 0.25) is 0 Å². The van der Waals surface area contributed by atoms with E-state index >= 15 is 0 Å². The number of aromatic nitrogens is 3. The Morgan fingerprint density at radius 1 is 1.00 bits per heavy atom. The van der Waals surface area contributed by atoms with Gasteiger partial charge >= 0.3 is 5.97 Å². The van der Waals surface area contributed by atoms with Crippen molar-refractivity contribution < 1.29 is 19.4 Å². The molecule has 1 N–H and O–H groups in total. The lowest BCUT2D eigenvalue weighted by atomic mass is 10.2. The first kappa shape index (κ1) is 17.5. The summed E-state index contributed by atoms with van der Waals surface area (Å²) in [7, 11) is 1.85. The smallest absolute Gasteiger partial charge is 0.335 e. The summed E-state index contributed by atoms with van der Waals surface area (Å²) in [6.07, 6.45) is 0. The third kappa shape index (κ3) is 3.64. The highest BCUT2D eigenvalue weighted by molar-refractivity contribution is 5.88. The summed E-state index contributed by atoms with van der Waals surface area (Å²) in [5.74, 6) is 1.32. The fraction of sp³-hybridized carbons (Fsp3) is 0.0952. The zero-order chi connectivity index (χ0) is 19.5. The van der Waals surface area contributed by atoms with Crippen molar-refractivity contribution in [1.29, 1.82) is 0 Å². The maximum absolute atomic E-state index is 11.1. The van der Waals surface area contributed by atoms with E-state index < -0.39 is 5.97 Å². The third-order valence-electron chi connectivity index (χ3n) is 4.20. The van der Waals surface area contributed by atoms with Crippen LogP contribution < -0.4 is 9.47 Å². The number of aryl methyl sites for hydroxylation is 1. The van der Waals surface area contributed by atoms with Crippen molar-refractivity contribution in [2.75, 3.05) is 0 Å². The van der Waals surface area contributed by atoms with Crippen LogP contribution in [0.5, 0.6) is 17.4 Å². The Hall–Kier alpha value is -3.87. The second kappa shape index (κ2) is 7.40. The number of hydrogen-bond donors (Lipinski definition) is 1. The van der Waals surface area contributed by atoms with Crippen LogP contribution in [0.1, 0.15) is 16.2 Å². The van der Waals surface area contributed by atoms with E-state index in [9.17, 15) is 4.79 Å². The molecule has 0 bridgehead atoms. The number of carboxylic acid groups (broad SMARTS) is 1. The Bertz CT molecular complexity index is 1140. The predicted octanol–water partition coefficient (Wildman–Crippen LogP) is 4.04. The van der Waals surface area contributed by atoms with Crippen LogP contribution in [-0.4, -0.2) is 25.6 Å². The molecule has 4 aromatic rings. The summed E-state index contributed by atoms with van der Waals surface area (Å²) in [6.45, 7) is 0.185. The fourth-order valence-electron chi connectivity index (χ4n) is 2.76. The number of imidazole rings is 1. The van der Waals surface area contributed by atoms with Gasteiger partial charge in [0, 0.05) is 13.1 Å². The molecule has 28 heavy (non-hydrogen) atoms. The summed E-state index contributed by atoms with van der Waals surface area (Å²) in [5.41, 5.74) is 1.57. The van der Waals surface area contributed by atoms with Gasteiger partial charge in [0.1, 0.15) is 29.4 Å². The predicted molar refractivity (Wildman–Crippen MR) is 103 cm³/mol. The number of aromatic carboxylic acids is 1. The number of nitrogens with zero attached hydrogens (tertiary/aromatic N) is 3. The number of benzene rings is 2. The van der Waals surface area contributed by atoms with Gasteiger partial charge < -0.3 is 19.1 Å². The van der Waals surface area contributed by atoms with E-state index in [4.69, 9.17) is 14.6 Å². The molecular formula is C21H17N3O4. The van der Waals surface area contributed by atoms with Gasteiger partial charge in [-0.05, 0) is 36.4 Å². The van der Waals surface area contributed by atoms with E-state index in [1.165, 1.54) is 12.1 Å². The summed E-state index contributed by atoms with van der Waals surface area (Å²) >= 11 is 0. The van der Waals surface area contributed by atoms with E-state index in [1.807, 2.05) is 48.0 Å². The monoisotopic (exact) mass is 375 g/mol. The Balaban J connectivity index is 1.54. The van der Waals surface area contributed by atoms with Crippen LogP contribution in [0.25, 0.3) is 11.2 Å². The minimum absolute atomic E-state index is 0.173. The number of ether oxygens (including phenoxy) is 2.